The molecule has 1 saturated heterocycles. The highest BCUT2D eigenvalue weighted by atomic mass is 35.5. The molecule has 21 heavy (non-hydrogen) atoms. The largest absolute Gasteiger partial charge is 0.490 e. The molecule has 2 heterocycles. The summed E-state index contributed by atoms with van der Waals surface area (Å²) in [5.74, 6) is 1.40. The maximum absolute atomic E-state index is 5.79. The lowest BCUT2D eigenvalue weighted by atomic mass is 10.2. The van der Waals surface area contributed by atoms with Gasteiger partial charge in [-0.15, -0.1) is 24.8 Å². The van der Waals surface area contributed by atoms with E-state index in [0.717, 1.165) is 12.3 Å². The first-order valence-corrected chi connectivity index (χ1v) is 6.66. The Bertz CT molecular complexity index is 410. The normalized spacial score (nSPS) is 19.3. The number of rotatable bonds is 6. The van der Waals surface area contributed by atoms with Crippen LogP contribution in [-0.4, -0.2) is 49.5 Å². The molecule has 122 valence electrons. The van der Waals surface area contributed by atoms with Crippen molar-refractivity contribution in [2.75, 3.05) is 27.3 Å². The van der Waals surface area contributed by atoms with E-state index in [0.29, 0.717) is 18.4 Å². The molecular formula is C14H24Cl2N2O3. The standard InChI is InChI=1S/C14H22N2O3.2ClH/c1-11(17-3)19-14-7-13(8-15-9-14)18-10-12-5-4-6-16(12)2;;/h7-9,11-12H,4-6,10H2,1-3H3;2*1H/t11?,12-;;/m0../s1. The summed E-state index contributed by atoms with van der Waals surface area (Å²) in [5.41, 5.74) is 0. The second kappa shape index (κ2) is 10.1. The highest BCUT2D eigenvalue weighted by Gasteiger charge is 2.21. The fraction of sp³-hybridized carbons (Fsp3) is 0.643. The van der Waals surface area contributed by atoms with Gasteiger partial charge in [-0.2, -0.15) is 0 Å². The SMILES string of the molecule is COC(C)Oc1cncc(OC[C@@H]2CCCN2C)c1.Cl.Cl. The van der Waals surface area contributed by atoms with Crippen LogP contribution in [0, 0.1) is 0 Å². The molecule has 7 heteroatoms. The molecule has 5 nitrogen and oxygen atoms in total. The fourth-order valence-electron chi connectivity index (χ4n) is 2.16. The van der Waals surface area contributed by atoms with Crippen LogP contribution in [0.1, 0.15) is 19.8 Å². The van der Waals surface area contributed by atoms with Gasteiger partial charge in [0, 0.05) is 19.2 Å². The fourth-order valence-corrected chi connectivity index (χ4v) is 2.16. The number of hydrogen-bond acceptors (Lipinski definition) is 5. The molecule has 0 bridgehead atoms. The number of aromatic nitrogens is 1. The van der Waals surface area contributed by atoms with Gasteiger partial charge in [-0.05, 0) is 33.4 Å². The van der Waals surface area contributed by atoms with Gasteiger partial charge >= 0.3 is 0 Å². The highest BCUT2D eigenvalue weighted by molar-refractivity contribution is 5.85. The van der Waals surface area contributed by atoms with Gasteiger partial charge in [0.15, 0.2) is 6.29 Å². The van der Waals surface area contributed by atoms with Gasteiger partial charge in [-0.1, -0.05) is 0 Å². The zero-order chi connectivity index (χ0) is 13.7. The number of hydrogen-bond donors (Lipinski definition) is 0. The molecule has 1 unspecified atom stereocenters. The lowest BCUT2D eigenvalue weighted by Gasteiger charge is -2.19. The van der Waals surface area contributed by atoms with Crippen LogP contribution < -0.4 is 9.47 Å². The number of methoxy groups -OCH3 is 1. The van der Waals surface area contributed by atoms with Crippen LogP contribution in [0.3, 0.4) is 0 Å². The average molecular weight is 339 g/mol. The van der Waals surface area contributed by atoms with E-state index in [9.17, 15) is 0 Å². The Balaban J connectivity index is 0.00000200. The first-order valence-electron chi connectivity index (χ1n) is 6.66. The first-order chi connectivity index (χ1) is 9.19. The molecule has 0 saturated carbocycles. The van der Waals surface area contributed by atoms with Crippen molar-refractivity contribution in [3.63, 3.8) is 0 Å². The third-order valence-corrected chi connectivity index (χ3v) is 3.44. The molecule has 0 spiro atoms. The van der Waals surface area contributed by atoms with Crippen molar-refractivity contribution >= 4 is 24.8 Å². The van der Waals surface area contributed by atoms with E-state index in [4.69, 9.17) is 14.2 Å². The topological polar surface area (TPSA) is 43.8 Å². The summed E-state index contributed by atoms with van der Waals surface area (Å²) in [4.78, 5) is 6.45. The summed E-state index contributed by atoms with van der Waals surface area (Å²) in [6.07, 6.45) is 5.51. The predicted octanol–water partition coefficient (Wildman–Crippen LogP) is 2.77. The molecule has 0 aromatic carbocycles. The Kier molecular flexibility index (Phi) is 9.70. The van der Waals surface area contributed by atoms with E-state index in [-0.39, 0.29) is 31.1 Å². The minimum absolute atomic E-state index is 0. The van der Waals surface area contributed by atoms with Crippen molar-refractivity contribution in [3.05, 3.63) is 18.5 Å². The third-order valence-electron chi connectivity index (χ3n) is 3.44. The first kappa shape index (κ1) is 20.2. The lowest BCUT2D eigenvalue weighted by Crippen LogP contribution is -2.30. The predicted molar refractivity (Wildman–Crippen MR) is 87.0 cm³/mol. The van der Waals surface area contributed by atoms with Crippen molar-refractivity contribution in [2.24, 2.45) is 0 Å². The Morgan fingerprint density at radius 3 is 2.67 bits per heavy atom. The Labute approximate surface area is 138 Å². The monoisotopic (exact) mass is 338 g/mol. The van der Waals surface area contributed by atoms with E-state index in [2.05, 4.69) is 16.9 Å². The summed E-state index contributed by atoms with van der Waals surface area (Å²) >= 11 is 0. The van der Waals surface area contributed by atoms with Crippen molar-refractivity contribution in [1.29, 1.82) is 0 Å². The minimum atomic E-state index is -0.294. The van der Waals surface area contributed by atoms with Crippen molar-refractivity contribution in [3.8, 4) is 11.5 Å². The van der Waals surface area contributed by atoms with Crippen LogP contribution in [0.25, 0.3) is 0 Å². The third kappa shape index (κ3) is 6.26. The van der Waals surface area contributed by atoms with Crippen LogP contribution in [-0.2, 0) is 4.74 Å². The summed E-state index contributed by atoms with van der Waals surface area (Å²) < 4.78 is 16.4. The second-order valence-corrected chi connectivity index (χ2v) is 4.87. The van der Waals surface area contributed by atoms with E-state index in [1.807, 2.05) is 13.0 Å². The van der Waals surface area contributed by atoms with Gasteiger partial charge in [-0.25, -0.2) is 0 Å². The van der Waals surface area contributed by atoms with Crippen molar-refractivity contribution < 1.29 is 14.2 Å². The molecule has 2 atom stereocenters. The number of nitrogens with zero attached hydrogens (tertiary/aromatic N) is 2. The van der Waals surface area contributed by atoms with E-state index in [1.54, 1.807) is 19.5 Å². The molecule has 2 rings (SSSR count). The smallest absolute Gasteiger partial charge is 0.196 e. The Hall–Kier alpha value is -0.750. The van der Waals surface area contributed by atoms with E-state index < -0.39 is 0 Å². The minimum Gasteiger partial charge on any atom is -0.490 e. The van der Waals surface area contributed by atoms with Crippen molar-refractivity contribution in [2.45, 2.75) is 32.1 Å². The van der Waals surface area contributed by atoms with Gasteiger partial charge in [0.05, 0.1) is 12.4 Å². The molecular weight excluding hydrogens is 315 g/mol. The van der Waals surface area contributed by atoms with Gasteiger partial charge < -0.3 is 19.1 Å². The number of ether oxygens (including phenoxy) is 3. The Morgan fingerprint density at radius 2 is 2.05 bits per heavy atom. The molecule has 1 aromatic heterocycles. The summed E-state index contributed by atoms with van der Waals surface area (Å²) in [7, 11) is 3.74. The maximum atomic E-state index is 5.79. The number of pyridine rings is 1. The zero-order valence-electron chi connectivity index (χ0n) is 12.7. The summed E-state index contributed by atoms with van der Waals surface area (Å²) in [5, 5.41) is 0. The molecule has 0 aliphatic carbocycles. The number of likely N-dealkylation sites (tertiary alicyclic amines) is 1. The second-order valence-electron chi connectivity index (χ2n) is 4.87. The summed E-state index contributed by atoms with van der Waals surface area (Å²) in [6, 6.07) is 2.35. The van der Waals surface area contributed by atoms with Gasteiger partial charge in [0.2, 0.25) is 0 Å². The van der Waals surface area contributed by atoms with Gasteiger partial charge in [0.1, 0.15) is 18.1 Å². The Morgan fingerprint density at radius 1 is 1.33 bits per heavy atom. The van der Waals surface area contributed by atoms with E-state index in [1.165, 1.54) is 12.8 Å². The molecule has 1 fully saturated rings. The van der Waals surface area contributed by atoms with Crippen LogP contribution >= 0.6 is 24.8 Å². The molecule has 0 amide bonds. The molecule has 0 N–H and O–H groups in total. The van der Waals surface area contributed by atoms with Crippen LogP contribution in [0.15, 0.2) is 18.5 Å². The zero-order valence-corrected chi connectivity index (χ0v) is 14.3. The van der Waals surface area contributed by atoms with Crippen LogP contribution in [0.2, 0.25) is 0 Å². The van der Waals surface area contributed by atoms with Gasteiger partial charge in [0.25, 0.3) is 0 Å². The maximum Gasteiger partial charge on any atom is 0.196 e. The van der Waals surface area contributed by atoms with Gasteiger partial charge in [-0.3, -0.25) is 4.98 Å². The van der Waals surface area contributed by atoms with Crippen molar-refractivity contribution in [1.82, 2.24) is 9.88 Å². The number of halogens is 2. The van der Waals surface area contributed by atoms with E-state index >= 15 is 0 Å². The molecule has 1 aliphatic heterocycles. The quantitative estimate of drug-likeness (QED) is 0.746. The molecule has 0 radical (unpaired) electrons. The highest BCUT2D eigenvalue weighted by Crippen LogP contribution is 2.21. The summed E-state index contributed by atoms with van der Waals surface area (Å²) in [6.45, 7) is 3.68. The number of likely N-dealkylation sites (N-methyl/N-ethyl adjacent to an activating group) is 1. The van der Waals surface area contributed by atoms with Crippen LogP contribution in [0.4, 0.5) is 0 Å². The average Bonchev–Trinajstić information content (AvgIpc) is 2.82. The molecule has 1 aliphatic rings. The molecule has 1 aromatic rings. The lowest BCUT2D eigenvalue weighted by molar-refractivity contribution is -0.0386. The van der Waals surface area contributed by atoms with Crippen LogP contribution in [0.5, 0.6) is 11.5 Å².